The maximum absolute atomic E-state index is 10.6. The Balaban J connectivity index is 0.000000466. The number of carbonyl (C=O) groups excluding carboxylic acids is 1. The van der Waals surface area contributed by atoms with E-state index in [4.69, 9.17) is 11.5 Å². The van der Waals surface area contributed by atoms with E-state index >= 15 is 0 Å². The first-order chi connectivity index (χ1) is 13.9. The highest BCUT2D eigenvalue weighted by Gasteiger charge is 2.10. The number of hydrogen-bond acceptors (Lipinski definition) is 3. The molecule has 29 heavy (non-hydrogen) atoms. The molecule has 2 aromatic rings. The first kappa shape index (κ1) is 25.8. The first-order valence-electron chi connectivity index (χ1n) is 9.45. The van der Waals surface area contributed by atoms with E-state index in [0.29, 0.717) is 5.56 Å². The van der Waals surface area contributed by atoms with Crippen molar-refractivity contribution in [3.8, 4) is 0 Å². The van der Waals surface area contributed by atoms with Crippen LogP contribution in [0.3, 0.4) is 0 Å². The molecule has 0 fully saturated rings. The summed E-state index contributed by atoms with van der Waals surface area (Å²) in [4.78, 5) is 14.4. The minimum atomic E-state index is -0.747. The van der Waals surface area contributed by atoms with Gasteiger partial charge in [-0.25, -0.2) is 0 Å². The monoisotopic (exact) mass is 391 g/mol. The van der Waals surface area contributed by atoms with Gasteiger partial charge < -0.3 is 11.5 Å². The van der Waals surface area contributed by atoms with E-state index < -0.39 is 11.9 Å². The van der Waals surface area contributed by atoms with Crippen LogP contribution in [0.5, 0.6) is 0 Å². The molecule has 0 saturated carbocycles. The van der Waals surface area contributed by atoms with Crippen molar-refractivity contribution >= 4 is 11.5 Å². The van der Waals surface area contributed by atoms with Crippen molar-refractivity contribution in [2.75, 3.05) is 0 Å². The lowest BCUT2D eigenvalue weighted by Crippen LogP contribution is -2.28. The molecule has 1 aromatic heterocycles. The Bertz CT molecular complexity index is 800. The number of carbonyl (C=O) groups is 1. The second-order valence-corrected chi connectivity index (χ2v) is 6.06. The lowest BCUT2D eigenvalue weighted by Gasteiger charge is -2.04. The molecule has 0 aliphatic rings. The summed E-state index contributed by atoms with van der Waals surface area (Å²) >= 11 is 0. The van der Waals surface area contributed by atoms with Gasteiger partial charge >= 0.3 is 0 Å². The molecule has 4 N–H and O–H groups in total. The predicted octanol–water partition coefficient (Wildman–Crippen LogP) is 5.29. The van der Waals surface area contributed by atoms with Gasteiger partial charge in [0.1, 0.15) is 6.04 Å². The van der Waals surface area contributed by atoms with Gasteiger partial charge in [-0.2, -0.15) is 0 Å². The van der Waals surface area contributed by atoms with Crippen molar-refractivity contribution in [3.05, 3.63) is 109 Å². The molecule has 154 valence electrons. The number of nitrogens with zero attached hydrogens (tertiary/aromatic N) is 1. The maximum Gasteiger partial charge on any atom is 0.238 e. The van der Waals surface area contributed by atoms with E-state index in [0.717, 1.165) is 0 Å². The molecule has 0 bridgehead atoms. The van der Waals surface area contributed by atoms with Gasteiger partial charge in [0, 0.05) is 12.4 Å². The minimum absolute atomic E-state index is 0.544. The fraction of sp³-hybridized carbons (Fsp3) is 0.200. The van der Waals surface area contributed by atoms with Gasteiger partial charge in [-0.3, -0.25) is 9.78 Å². The Kier molecular flexibility index (Phi) is 14.0. The predicted molar refractivity (Wildman–Crippen MR) is 125 cm³/mol. The molecule has 4 nitrogen and oxygen atoms in total. The van der Waals surface area contributed by atoms with E-state index in [1.165, 1.54) is 22.9 Å². The molecular weight excluding hydrogens is 358 g/mol. The molecule has 1 aromatic carbocycles. The van der Waals surface area contributed by atoms with Crippen molar-refractivity contribution in [1.82, 2.24) is 4.98 Å². The zero-order valence-electron chi connectivity index (χ0n) is 17.9. The van der Waals surface area contributed by atoms with Crippen LogP contribution in [0.4, 0.5) is 0 Å². The van der Waals surface area contributed by atoms with Crippen molar-refractivity contribution in [2.24, 2.45) is 11.5 Å². The van der Waals surface area contributed by atoms with Crippen molar-refractivity contribution < 1.29 is 4.79 Å². The molecule has 0 aliphatic carbocycles. The van der Waals surface area contributed by atoms with E-state index in [2.05, 4.69) is 48.8 Å². The number of pyridine rings is 1. The number of aromatic nitrogens is 1. The summed E-state index contributed by atoms with van der Waals surface area (Å²) in [5.74, 6) is -0.544. The normalized spacial score (nSPS) is 11.8. The van der Waals surface area contributed by atoms with Crippen molar-refractivity contribution in [2.45, 2.75) is 33.7 Å². The molecule has 4 heteroatoms. The molecule has 1 atom stereocenters. The number of rotatable bonds is 5. The maximum atomic E-state index is 10.6. The summed E-state index contributed by atoms with van der Waals surface area (Å²) in [5, 5.41) is 0. The Morgan fingerprint density at radius 2 is 1.69 bits per heavy atom. The van der Waals surface area contributed by atoms with Crippen LogP contribution >= 0.6 is 0 Å². The fourth-order valence-electron chi connectivity index (χ4n) is 2.02. The molecule has 2 rings (SSSR count). The average molecular weight is 392 g/mol. The largest absolute Gasteiger partial charge is 0.368 e. The number of allylic oxidation sites excluding steroid dienone is 7. The summed E-state index contributed by atoms with van der Waals surface area (Å²) in [6.07, 6.45) is 15.1. The van der Waals surface area contributed by atoms with Crippen LogP contribution in [0.25, 0.3) is 5.57 Å². The Morgan fingerprint density at radius 3 is 2.10 bits per heavy atom. The molecule has 1 unspecified atom stereocenters. The van der Waals surface area contributed by atoms with Gasteiger partial charge in [0.2, 0.25) is 5.91 Å². The lowest BCUT2D eigenvalue weighted by molar-refractivity contribution is -0.119. The summed E-state index contributed by atoms with van der Waals surface area (Å²) in [5.41, 5.74) is 14.7. The van der Waals surface area contributed by atoms with Crippen molar-refractivity contribution in [1.29, 1.82) is 0 Å². The zero-order valence-corrected chi connectivity index (χ0v) is 17.9. The summed E-state index contributed by atoms with van der Waals surface area (Å²) < 4.78 is 0. The van der Waals surface area contributed by atoms with Gasteiger partial charge in [-0.05, 0) is 50.5 Å². The van der Waals surface area contributed by atoms with Gasteiger partial charge in [0.15, 0.2) is 0 Å². The number of amides is 1. The van der Waals surface area contributed by atoms with Gasteiger partial charge in [-0.1, -0.05) is 78.9 Å². The third-order valence-corrected chi connectivity index (χ3v) is 3.71. The Hall–Kier alpha value is -3.24. The first-order valence-corrected chi connectivity index (χ1v) is 9.45. The van der Waals surface area contributed by atoms with E-state index in [1.807, 2.05) is 51.2 Å². The molecule has 0 radical (unpaired) electrons. The van der Waals surface area contributed by atoms with Crippen LogP contribution in [-0.4, -0.2) is 10.9 Å². The van der Waals surface area contributed by atoms with Crippen LogP contribution < -0.4 is 11.5 Å². The fourth-order valence-corrected chi connectivity index (χ4v) is 2.02. The molecular formula is C25H33N3O. The quantitative estimate of drug-likeness (QED) is 0.537. The van der Waals surface area contributed by atoms with E-state index in [-0.39, 0.29) is 0 Å². The molecule has 1 heterocycles. The highest BCUT2D eigenvalue weighted by Crippen LogP contribution is 2.16. The third kappa shape index (κ3) is 11.3. The SMILES string of the molecule is C/C=C/C.C=C/C=C(\C=C/C)c1ccc(C)cc1.NC(=O)C(N)c1cccnc1. The molecule has 1 amide bonds. The van der Waals surface area contributed by atoms with Gasteiger partial charge in [0.05, 0.1) is 0 Å². The van der Waals surface area contributed by atoms with E-state index in [1.54, 1.807) is 18.3 Å². The average Bonchev–Trinajstić information content (AvgIpc) is 2.75. The second kappa shape index (κ2) is 15.8. The number of primary amides is 1. The van der Waals surface area contributed by atoms with Crippen LogP contribution in [0.2, 0.25) is 0 Å². The number of nitrogens with two attached hydrogens (primary N) is 2. The number of hydrogen-bond donors (Lipinski definition) is 2. The minimum Gasteiger partial charge on any atom is -0.368 e. The third-order valence-electron chi connectivity index (χ3n) is 3.71. The highest BCUT2D eigenvalue weighted by atomic mass is 16.1. The highest BCUT2D eigenvalue weighted by molar-refractivity contribution is 5.81. The Labute approximate surface area is 175 Å². The molecule has 0 saturated heterocycles. The van der Waals surface area contributed by atoms with Gasteiger partial charge in [0.25, 0.3) is 0 Å². The van der Waals surface area contributed by atoms with Crippen LogP contribution in [0, 0.1) is 6.92 Å². The zero-order chi connectivity index (χ0) is 22.1. The van der Waals surface area contributed by atoms with Crippen molar-refractivity contribution in [3.63, 3.8) is 0 Å². The Morgan fingerprint density at radius 1 is 1.07 bits per heavy atom. The van der Waals surface area contributed by atoms with E-state index in [9.17, 15) is 4.79 Å². The summed E-state index contributed by atoms with van der Waals surface area (Å²) in [6.45, 7) is 11.8. The smallest absolute Gasteiger partial charge is 0.238 e. The lowest BCUT2D eigenvalue weighted by atomic mass is 10.0. The van der Waals surface area contributed by atoms with Crippen LogP contribution in [-0.2, 0) is 4.79 Å². The van der Waals surface area contributed by atoms with Crippen LogP contribution in [0.1, 0.15) is 43.5 Å². The summed E-state index contributed by atoms with van der Waals surface area (Å²) in [7, 11) is 0. The summed E-state index contributed by atoms with van der Waals surface area (Å²) in [6, 6.07) is 11.2. The van der Waals surface area contributed by atoms with Gasteiger partial charge in [-0.15, -0.1) is 0 Å². The molecule has 0 aliphatic heterocycles. The number of aryl methyl sites for hydroxylation is 1. The standard InChI is InChI=1S/C14H16.C7H9N3O.C4H8/c1-4-6-13(7-5-2)14-10-8-12(3)9-11-14;8-6(7(9)11)5-2-1-3-10-4-5;1-3-4-2/h4-11H,1H2,2-3H3;1-4,6H,8H2,(H2,9,11);3-4H,1-2H3/b7-5-,13-6+;;4-3+. The number of benzene rings is 1. The second-order valence-electron chi connectivity index (χ2n) is 6.06. The topological polar surface area (TPSA) is 82.0 Å². The van der Waals surface area contributed by atoms with Crippen LogP contribution in [0.15, 0.2) is 91.8 Å². The molecule has 0 spiro atoms.